The van der Waals surface area contributed by atoms with Crippen LogP contribution in [-0.2, 0) is 11.8 Å². The lowest BCUT2D eigenvalue weighted by Gasteiger charge is -2.27. The van der Waals surface area contributed by atoms with Crippen LogP contribution in [0.3, 0.4) is 0 Å². The zero-order valence-corrected chi connectivity index (χ0v) is 16.1. The average molecular weight is 385 g/mol. The molecule has 0 saturated carbocycles. The number of pyridine rings is 1. The molecule has 7 heteroatoms. The molecule has 0 atom stereocenters. The molecule has 1 N–H and O–H groups in total. The van der Waals surface area contributed by atoms with Gasteiger partial charge in [-0.15, -0.1) is 0 Å². The van der Waals surface area contributed by atoms with E-state index in [4.69, 9.17) is 16.3 Å². The number of ether oxygens (including phenoxy) is 1. The van der Waals surface area contributed by atoms with E-state index in [0.717, 1.165) is 22.2 Å². The Bertz CT molecular complexity index is 1010. The highest BCUT2D eigenvalue weighted by Crippen LogP contribution is 2.31. The molecule has 140 valence electrons. The van der Waals surface area contributed by atoms with Crippen molar-refractivity contribution in [2.24, 2.45) is 7.05 Å². The van der Waals surface area contributed by atoms with E-state index in [1.807, 2.05) is 53.9 Å². The summed E-state index contributed by atoms with van der Waals surface area (Å²) < 4.78 is 7.36. The van der Waals surface area contributed by atoms with E-state index in [1.165, 1.54) is 0 Å². The lowest BCUT2D eigenvalue weighted by Crippen LogP contribution is -2.40. The fourth-order valence-corrected chi connectivity index (χ4v) is 3.75. The number of aryl methyl sites for hydroxylation is 2. The van der Waals surface area contributed by atoms with Crippen molar-refractivity contribution in [3.05, 3.63) is 52.8 Å². The van der Waals surface area contributed by atoms with E-state index in [9.17, 15) is 4.79 Å². The molecule has 1 fully saturated rings. The summed E-state index contributed by atoms with van der Waals surface area (Å²) in [6.45, 7) is 4.38. The summed E-state index contributed by atoms with van der Waals surface area (Å²) in [6, 6.07) is 7.49. The van der Waals surface area contributed by atoms with Crippen LogP contribution in [0.5, 0.6) is 0 Å². The Morgan fingerprint density at radius 1 is 1.30 bits per heavy atom. The average Bonchev–Trinajstić information content (AvgIpc) is 2.97. The second-order valence-electron chi connectivity index (χ2n) is 6.71. The maximum atomic E-state index is 13.1. The summed E-state index contributed by atoms with van der Waals surface area (Å²) in [7, 11) is 1.96. The van der Waals surface area contributed by atoms with Crippen LogP contribution >= 0.6 is 11.6 Å². The first-order valence-corrected chi connectivity index (χ1v) is 9.26. The van der Waals surface area contributed by atoms with E-state index in [1.54, 1.807) is 6.20 Å². The Balaban J connectivity index is 1.78. The van der Waals surface area contributed by atoms with Crippen LogP contribution in [0.15, 0.2) is 36.7 Å². The number of hydrogen-bond donors (Lipinski definition) is 1. The summed E-state index contributed by atoms with van der Waals surface area (Å²) in [5.41, 5.74) is 3.41. The number of benzene rings is 1. The van der Waals surface area contributed by atoms with Crippen LogP contribution in [0.25, 0.3) is 10.9 Å². The van der Waals surface area contributed by atoms with Crippen molar-refractivity contribution in [3.63, 3.8) is 0 Å². The van der Waals surface area contributed by atoms with Crippen molar-refractivity contribution in [3.8, 4) is 0 Å². The molecule has 0 aliphatic carbocycles. The number of fused-ring (bicyclic) bond motifs is 1. The van der Waals surface area contributed by atoms with Crippen LogP contribution in [0.4, 0.5) is 11.5 Å². The third-order valence-electron chi connectivity index (χ3n) is 4.80. The van der Waals surface area contributed by atoms with Crippen LogP contribution in [-0.4, -0.2) is 46.7 Å². The first-order chi connectivity index (χ1) is 13.0. The monoisotopic (exact) mass is 384 g/mol. The number of rotatable bonds is 3. The molecular formula is C20H21ClN4O2. The molecule has 2 aromatic heterocycles. The van der Waals surface area contributed by atoms with Crippen molar-refractivity contribution in [2.75, 3.05) is 31.6 Å². The standard InChI is InChI=1S/C20H21ClN4O2/c1-13-12-24(2)18-17(13)16(20(26)25-6-8-27-9-7-25)11-22-19(18)23-15-5-3-4-14(21)10-15/h3-5,10-12H,6-9H2,1-2H3,(H,22,23). The van der Waals surface area contributed by atoms with Gasteiger partial charge in [-0.05, 0) is 30.7 Å². The molecule has 0 unspecified atom stereocenters. The first kappa shape index (κ1) is 17.8. The summed E-state index contributed by atoms with van der Waals surface area (Å²) in [6.07, 6.45) is 3.69. The maximum Gasteiger partial charge on any atom is 0.256 e. The molecule has 0 radical (unpaired) electrons. The second-order valence-corrected chi connectivity index (χ2v) is 7.14. The Hall–Kier alpha value is -2.57. The van der Waals surface area contributed by atoms with Crippen molar-refractivity contribution >= 4 is 39.9 Å². The third-order valence-corrected chi connectivity index (χ3v) is 5.04. The van der Waals surface area contributed by atoms with Gasteiger partial charge in [-0.3, -0.25) is 4.79 Å². The molecule has 1 amide bonds. The van der Waals surface area contributed by atoms with E-state index in [-0.39, 0.29) is 5.91 Å². The predicted molar refractivity (Wildman–Crippen MR) is 107 cm³/mol. The SMILES string of the molecule is Cc1cn(C)c2c(Nc3cccc(Cl)c3)ncc(C(=O)N3CCOCC3)c12. The number of hydrogen-bond acceptors (Lipinski definition) is 4. The van der Waals surface area contributed by atoms with Gasteiger partial charge in [-0.2, -0.15) is 0 Å². The smallest absolute Gasteiger partial charge is 0.256 e. The van der Waals surface area contributed by atoms with Crippen molar-refractivity contribution in [2.45, 2.75) is 6.92 Å². The molecule has 0 bridgehead atoms. The molecule has 0 spiro atoms. The van der Waals surface area contributed by atoms with E-state index >= 15 is 0 Å². The molecule has 1 aromatic carbocycles. The van der Waals surface area contributed by atoms with Gasteiger partial charge in [0.15, 0.2) is 5.82 Å². The first-order valence-electron chi connectivity index (χ1n) is 8.89. The molecule has 4 rings (SSSR count). The summed E-state index contributed by atoms with van der Waals surface area (Å²) in [5, 5.41) is 4.90. The molecule has 6 nitrogen and oxygen atoms in total. The van der Waals surface area contributed by atoms with Crippen molar-refractivity contribution in [1.82, 2.24) is 14.5 Å². The number of halogens is 1. The van der Waals surface area contributed by atoms with Gasteiger partial charge >= 0.3 is 0 Å². The Labute approximate surface area is 162 Å². The summed E-state index contributed by atoms with van der Waals surface area (Å²) in [4.78, 5) is 19.5. The lowest BCUT2D eigenvalue weighted by atomic mass is 10.1. The highest BCUT2D eigenvalue weighted by molar-refractivity contribution is 6.30. The summed E-state index contributed by atoms with van der Waals surface area (Å²) >= 11 is 6.09. The molecule has 1 saturated heterocycles. The minimum atomic E-state index is -0.000550. The Morgan fingerprint density at radius 2 is 2.07 bits per heavy atom. The largest absolute Gasteiger partial charge is 0.378 e. The van der Waals surface area contributed by atoms with Crippen molar-refractivity contribution < 1.29 is 9.53 Å². The number of aromatic nitrogens is 2. The molecule has 3 aromatic rings. The quantitative estimate of drug-likeness (QED) is 0.747. The maximum absolute atomic E-state index is 13.1. The van der Waals surface area contributed by atoms with E-state index in [2.05, 4.69) is 10.3 Å². The van der Waals surface area contributed by atoms with Gasteiger partial charge in [0.1, 0.15) is 0 Å². The van der Waals surface area contributed by atoms with Gasteiger partial charge in [-0.25, -0.2) is 4.98 Å². The molecule has 3 heterocycles. The highest BCUT2D eigenvalue weighted by atomic mass is 35.5. The minimum absolute atomic E-state index is 0.000550. The third kappa shape index (κ3) is 3.38. The van der Waals surface area contributed by atoms with E-state index in [0.29, 0.717) is 42.7 Å². The Kier molecular flexibility index (Phi) is 4.76. The molecular weight excluding hydrogens is 364 g/mol. The fraction of sp³-hybridized carbons (Fsp3) is 0.300. The van der Waals surface area contributed by atoms with Gasteiger partial charge in [0, 0.05) is 48.6 Å². The minimum Gasteiger partial charge on any atom is -0.378 e. The fourth-order valence-electron chi connectivity index (χ4n) is 3.56. The van der Waals surface area contributed by atoms with Crippen LogP contribution in [0.2, 0.25) is 5.02 Å². The van der Waals surface area contributed by atoms with Gasteiger partial charge in [-0.1, -0.05) is 17.7 Å². The van der Waals surface area contributed by atoms with Crippen LogP contribution in [0, 0.1) is 6.92 Å². The van der Waals surface area contributed by atoms with Gasteiger partial charge in [0.25, 0.3) is 5.91 Å². The number of carbonyl (C=O) groups excluding carboxylic acids is 1. The number of amides is 1. The molecule has 1 aliphatic rings. The van der Waals surface area contributed by atoms with Gasteiger partial charge < -0.3 is 19.5 Å². The normalized spacial score (nSPS) is 14.6. The molecule has 27 heavy (non-hydrogen) atoms. The molecule has 1 aliphatic heterocycles. The number of anilines is 2. The predicted octanol–water partition coefficient (Wildman–Crippen LogP) is 3.75. The Morgan fingerprint density at radius 3 is 2.81 bits per heavy atom. The zero-order valence-electron chi connectivity index (χ0n) is 15.3. The van der Waals surface area contributed by atoms with Crippen molar-refractivity contribution in [1.29, 1.82) is 0 Å². The summed E-state index contributed by atoms with van der Waals surface area (Å²) in [5.74, 6) is 0.695. The van der Waals surface area contributed by atoms with Gasteiger partial charge in [0.2, 0.25) is 0 Å². The van der Waals surface area contributed by atoms with Crippen LogP contribution < -0.4 is 5.32 Å². The lowest BCUT2D eigenvalue weighted by molar-refractivity contribution is 0.0304. The van der Waals surface area contributed by atoms with Gasteiger partial charge in [0.05, 0.1) is 24.3 Å². The topological polar surface area (TPSA) is 59.4 Å². The number of nitrogens with one attached hydrogen (secondary N) is 1. The van der Waals surface area contributed by atoms with E-state index < -0.39 is 0 Å². The second kappa shape index (κ2) is 7.21. The highest BCUT2D eigenvalue weighted by Gasteiger charge is 2.24. The zero-order chi connectivity index (χ0) is 19.0. The number of nitrogens with zero attached hydrogens (tertiary/aromatic N) is 3. The number of carbonyl (C=O) groups is 1. The number of morpholine rings is 1. The van der Waals surface area contributed by atoms with Crippen LogP contribution in [0.1, 0.15) is 15.9 Å².